The molecule has 3 fully saturated rings. The number of nitrogens with two attached hydrogens (primary N) is 1. The molecule has 0 radical (unpaired) electrons. The lowest BCUT2D eigenvalue weighted by Gasteiger charge is -2.49. The van der Waals surface area contributed by atoms with E-state index in [-0.39, 0.29) is 17.1 Å². The van der Waals surface area contributed by atoms with Gasteiger partial charge in [-0.2, -0.15) is 13.2 Å². The first kappa shape index (κ1) is 38.6. The van der Waals surface area contributed by atoms with Gasteiger partial charge in [0.05, 0.1) is 0 Å². The van der Waals surface area contributed by atoms with Crippen molar-refractivity contribution in [1.82, 2.24) is 15.1 Å². The first-order valence-corrected chi connectivity index (χ1v) is 18.0. The average molecular weight is 710 g/mol. The molecule has 0 aromatic heterocycles. The molecule has 5 rings (SSSR count). The summed E-state index contributed by atoms with van der Waals surface area (Å²) in [5.41, 5.74) is 10.5. The Morgan fingerprint density at radius 3 is 2.45 bits per heavy atom. The molecule has 3 saturated heterocycles. The van der Waals surface area contributed by atoms with Crippen LogP contribution in [0.3, 0.4) is 0 Å². The van der Waals surface area contributed by atoms with Crippen LogP contribution in [0.5, 0.6) is 5.75 Å². The van der Waals surface area contributed by atoms with Gasteiger partial charge < -0.3 is 35.7 Å². The highest BCUT2D eigenvalue weighted by atomic mass is 19.4. The van der Waals surface area contributed by atoms with Crippen molar-refractivity contribution >= 4 is 36.2 Å². The number of nitrogens with zero attached hydrogens (tertiary/aromatic N) is 4. The van der Waals surface area contributed by atoms with Crippen molar-refractivity contribution in [2.75, 3.05) is 72.4 Å². The molecule has 0 amide bonds. The number of hydrogen-bond acceptors (Lipinski definition) is 8. The summed E-state index contributed by atoms with van der Waals surface area (Å²) >= 11 is 0. The highest BCUT2D eigenvalue weighted by Crippen LogP contribution is 2.49. The second-order valence-corrected chi connectivity index (χ2v) is 14.5. The molecule has 3 aliphatic heterocycles. The molecule has 51 heavy (non-hydrogen) atoms. The van der Waals surface area contributed by atoms with Crippen molar-refractivity contribution < 1.29 is 22.6 Å². The largest absolute Gasteiger partial charge is 0.481 e. The summed E-state index contributed by atoms with van der Waals surface area (Å²) < 4.78 is 53.5. The summed E-state index contributed by atoms with van der Waals surface area (Å²) in [5.74, 6) is 0.479. The Labute approximate surface area is 300 Å². The number of alkyl halides is 3. The SMILES string of the molecule is C=Cc1cc(CCC2(CCNC)CN(C)C2)c(N=C(N=C)C2CCN(C3CCOCC3)CC2)c(OCC(F)(F)F)c1-c1c(C)ccc(N)c1C=N. The number of amidine groups is 1. The minimum absolute atomic E-state index is 0.00711. The zero-order chi connectivity index (χ0) is 36.8. The van der Waals surface area contributed by atoms with Crippen LogP contribution in [0.4, 0.5) is 24.5 Å². The molecule has 0 aliphatic carbocycles. The van der Waals surface area contributed by atoms with Crippen LogP contribution in [-0.4, -0.2) is 107 Å². The van der Waals surface area contributed by atoms with E-state index in [0.717, 1.165) is 102 Å². The Bertz CT molecular complexity index is 1590. The molecule has 0 spiro atoms. The standard InChI is InChI=1S/C39H54F3N7O2/c1-6-27-21-29(9-14-38(15-16-45-3)23-48(5)24-38)35(47-37(46-4)28-10-17-49(18-11-28)30-12-19-50-20-13-30)36(51-25-39(40,41)42)34(27)33-26(2)7-8-32(44)31(33)22-43/h6-8,21-22,28,30,43,45H,1,4,9-20,23-25,44H2,2-3,5H3. The normalized spacial score (nSPS) is 19.5. The topological polar surface area (TPSA) is 112 Å². The van der Waals surface area contributed by atoms with E-state index >= 15 is 0 Å². The number of halogens is 3. The van der Waals surface area contributed by atoms with Gasteiger partial charge in [-0.1, -0.05) is 18.7 Å². The molecule has 0 saturated carbocycles. The Morgan fingerprint density at radius 2 is 1.86 bits per heavy atom. The van der Waals surface area contributed by atoms with Crippen molar-refractivity contribution in [2.45, 2.75) is 64.1 Å². The number of aliphatic imine (C=N–C) groups is 2. The molecule has 4 N–H and O–H groups in total. The number of rotatable bonds is 14. The summed E-state index contributed by atoms with van der Waals surface area (Å²) in [6, 6.07) is 5.96. The number of hydrogen-bond donors (Lipinski definition) is 3. The predicted molar refractivity (Wildman–Crippen MR) is 202 cm³/mol. The van der Waals surface area contributed by atoms with E-state index in [1.807, 2.05) is 20.0 Å². The van der Waals surface area contributed by atoms with Crippen molar-refractivity contribution in [1.29, 1.82) is 5.41 Å². The Kier molecular flexibility index (Phi) is 12.8. The smallest absolute Gasteiger partial charge is 0.422 e. The second kappa shape index (κ2) is 16.8. The molecule has 3 aliphatic rings. The number of anilines is 1. The Hall–Kier alpha value is -3.58. The molecule has 0 unspecified atom stereocenters. The van der Waals surface area contributed by atoms with Gasteiger partial charge in [-0.25, -0.2) is 9.98 Å². The van der Waals surface area contributed by atoms with Gasteiger partial charge in [-0.05, 0) is 132 Å². The van der Waals surface area contributed by atoms with Crippen molar-refractivity contribution in [3.63, 3.8) is 0 Å². The lowest BCUT2D eigenvalue weighted by Crippen LogP contribution is -2.55. The van der Waals surface area contributed by atoms with E-state index in [4.69, 9.17) is 25.6 Å². The average Bonchev–Trinajstić information content (AvgIpc) is 3.11. The molecule has 2 aromatic rings. The first-order chi connectivity index (χ1) is 24.4. The molecule has 3 heterocycles. The summed E-state index contributed by atoms with van der Waals surface area (Å²) in [7, 11) is 4.05. The maximum absolute atomic E-state index is 14.0. The molecule has 9 nitrogen and oxygen atoms in total. The summed E-state index contributed by atoms with van der Waals surface area (Å²) in [6.07, 6.45) is 4.18. The minimum Gasteiger partial charge on any atom is -0.481 e. The fourth-order valence-corrected chi connectivity index (χ4v) is 8.26. The van der Waals surface area contributed by atoms with E-state index in [0.29, 0.717) is 51.9 Å². The predicted octanol–water partition coefficient (Wildman–Crippen LogP) is 6.92. The number of nitrogens with one attached hydrogen (secondary N) is 2. The van der Waals surface area contributed by atoms with Crippen LogP contribution in [0.25, 0.3) is 17.2 Å². The van der Waals surface area contributed by atoms with Crippen molar-refractivity contribution in [3.05, 3.63) is 47.0 Å². The molecule has 12 heteroatoms. The molecular formula is C39H54F3N7O2. The van der Waals surface area contributed by atoms with Crippen LogP contribution in [0.2, 0.25) is 0 Å². The molecular weight excluding hydrogens is 655 g/mol. The fourth-order valence-electron chi connectivity index (χ4n) is 8.26. The third-order valence-electron chi connectivity index (χ3n) is 10.9. The third-order valence-corrected chi connectivity index (χ3v) is 10.9. The summed E-state index contributed by atoms with van der Waals surface area (Å²) in [5, 5.41) is 11.5. The van der Waals surface area contributed by atoms with Gasteiger partial charge in [0.15, 0.2) is 12.4 Å². The van der Waals surface area contributed by atoms with Gasteiger partial charge in [-0.15, -0.1) is 0 Å². The summed E-state index contributed by atoms with van der Waals surface area (Å²) in [6.45, 7) is 14.3. The molecule has 2 aromatic carbocycles. The maximum Gasteiger partial charge on any atom is 0.422 e. The van der Waals surface area contributed by atoms with Crippen LogP contribution in [0.1, 0.15) is 60.8 Å². The highest BCUT2D eigenvalue weighted by molar-refractivity contribution is 6.01. The van der Waals surface area contributed by atoms with Gasteiger partial charge in [0, 0.05) is 61.3 Å². The maximum atomic E-state index is 14.0. The van der Waals surface area contributed by atoms with E-state index in [1.165, 1.54) is 0 Å². The Balaban J connectivity index is 1.66. The van der Waals surface area contributed by atoms with Gasteiger partial charge in [0.1, 0.15) is 11.5 Å². The van der Waals surface area contributed by atoms with Gasteiger partial charge in [0.2, 0.25) is 0 Å². The third kappa shape index (κ3) is 9.08. The second-order valence-electron chi connectivity index (χ2n) is 14.5. The van der Waals surface area contributed by atoms with E-state index < -0.39 is 12.8 Å². The Morgan fingerprint density at radius 1 is 1.16 bits per heavy atom. The fraction of sp³-hybridized carbons (Fsp3) is 0.564. The first-order valence-electron chi connectivity index (χ1n) is 18.0. The number of nitrogen functional groups attached to an aromatic ring is 1. The number of likely N-dealkylation sites (tertiary alicyclic amines) is 2. The van der Waals surface area contributed by atoms with Gasteiger partial charge in [0.25, 0.3) is 0 Å². The van der Waals surface area contributed by atoms with Crippen LogP contribution >= 0.6 is 0 Å². The molecule has 0 atom stereocenters. The quantitative estimate of drug-likeness (QED) is 0.112. The van der Waals surface area contributed by atoms with Gasteiger partial charge >= 0.3 is 6.18 Å². The van der Waals surface area contributed by atoms with E-state index in [9.17, 15) is 13.2 Å². The summed E-state index contributed by atoms with van der Waals surface area (Å²) in [4.78, 5) is 14.4. The molecule has 278 valence electrons. The van der Waals surface area contributed by atoms with E-state index in [1.54, 1.807) is 18.2 Å². The molecule has 0 bridgehead atoms. The minimum atomic E-state index is -4.61. The van der Waals surface area contributed by atoms with Crippen LogP contribution in [-0.2, 0) is 11.2 Å². The van der Waals surface area contributed by atoms with Crippen LogP contribution in [0, 0.1) is 23.7 Å². The van der Waals surface area contributed by atoms with Crippen LogP contribution in [0.15, 0.2) is 34.8 Å². The van der Waals surface area contributed by atoms with Gasteiger partial charge in [-0.3, -0.25) is 0 Å². The highest BCUT2D eigenvalue weighted by Gasteiger charge is 2.40. The lowest BCUT2D eigenvalue weighted by atomic mass is 9.72. The zero-order valence-corrected chi connectivity index (χ0v) is 30.4. The van der Waals surface area contributed by atoms with Crippen molar-refractivity contribution in [2.24, 2.45) is 21.3 Å². The number of aryl methyl sites for hydroxylation is 2. The lowest BCUT2D eigenvalue weighted by molar-refractivity contribution is -0.153. The monoisotopic (exact) mass is 709 g/mol. The zero-order valence-electron chi connectivity index (χ0n) is 30.4. The number of ether oxygens (including phenoxy) is 2. The number of piperidine rings is 1. The van der Waals surface area contributed by atoms with Crippen molar-refractivity contribution in [3.8, 4) is 16.9 Å². The number of benzene rings is 2. The van der Waals surface area contributed by atoms with Crippen LogP contribution < -0.4 is 15.8 Å². The van der Waals surface area contributed by atoms with E-state index in [2.05, 4.69) is 40.5 Å².